The van der Waals surface area contributed by atoms with Crippen LogP contribution < -0.4 is 16.8 Å². The Morgan fingerprint density at radius 3 is 2.69 bits per heavy atom. The van der Waals surface area contributed by atoms with Crippen molar-refractivity contribution in [1.29, 1.82) is 0 Å². The molecule has 16 heavy (non-hydrogen) atoms. The minimum Gasteiger partial charge on any atom is -0.370 e. The molecule has 0 aromatic heterocycles. The highest BCUT2D eigenvalue weighted by atomic mass is 79.9. The Labute approximate surface area is 99.8 Å². The smallest absolute Gasteiger partial charge is 0.344 e. The molecule has 5 nitrogen and oxygen atoms in total. The number of nitrogens with one attached hydrogen (secondary N) is 1. The molecule has 0 aliphatic carbocycles. The summed E-state index contributed by atoms with van der Waals surface area (Å²) in [6, 6.07) is 3.64. The fourth-order valence-electron chi connectivity index (χ4n) is 1.05. The van der Waals surface area contributed by atoms with Gasteiger partial charge in [-0.05, 0) is 23.8 Å². The molecule has 86 valence electrons. The van der Waals surface area contributed by atoms with Gasteiger partial charge in [0, 0.05) is 11.0 Å². The molecule has 0 spiro atoms. The average molecular weight is 289 g/mol. The van der Waals surface area contributed by atoms with Crippen molar-refractivity contribution in [3.05, 3.63) is 34.1 Å². The van der Waals surface area contributed by atoms with Gasteiger partial charge in [0.2, 0.25) is 0 Å². The van der Waals surface area contributed by atoms with Gasteiger partial charge in [-0.15, -0.1) is 0 Å². The van der Waals surface area contributed by atoms with Gasteiger partial charge in [-0.1, -0.05) is 15.9 Å². The minimum absolute atomic E-state index is 0.145. The van der Waals surface area contributed by atoms with Crippen molar-refractivity contribution in [3.63, 3.8) is 0 Å². The van der Waals surface area contributed by atoms with Gasteiger partial charge in [0.25, 0.3) is 0 Å². The monoisotopic (exact) mass is 288 g/mol. The first-order chi connectivity index (χ1) is 7.47. The van der Waals surface area contributed by atoms with Crippen molar-refractivity contribution in [1.82, 2.24) is 5.32 Å². The topological polar surface area (TPSA) is 93.5 Å². The molecule has 1 rings (SSSR count). The Morgan fingerprint density at radius 1 is 1.44 bits per heavy atom. The fraction of sp³-hybridized carbons (Fsp3) is 0.111. The summed E-state index contributed by atoms with van der Waals surface area (Å²) in [5, 5.41) is 2.41. The van der Waals surface area contributed by atoms with E-state index in [2.05, 4.69) is 26.2 Å². The van der Waals surface area contributed by atoms with Crippen LogP contribution in [0.2, 0.25) is 0 Å². The second kappa shape index (κ2) is 5.45. The Kier molecular flexibility index (Phi) is 4.24. The van der Waals surface area contributed by atoms with E-state index in [9.17, 15) is 9.18 Å². The van der Waals surface area contributed by atoms with Crippen LogP contribution in [0.4, 0.5) is 9.18 Å². The third kappa shape index (κ3) is 4.26. The van der Waals surface area contributed by atoms with E-state index in [1.807, 2.05) is 0 Å². The second-order valence-corrected chi connectivity index (χ2v) is 3.89. The molecule has 0 heterocycles. The Morgan fingerprint density at radius 2 is 2.12 bits per heavy atom. The van der Waals surface area contributed by atoms with Crippen molar-refractivity contribution >= 4 is 27.9 Å². The zero-order valence-electron chi connectivity index (χ0n) is 8.21. The Bertz CT molecular complexity index is 411. The summed E-state index contributed by atoms with van der Waals surface area (Å²) in [5.41, 5.74) is 10.6. The van der Waals surface area contributed by atoms with Gasteiger partial charge >= 0.3 is 6.03 Å². The molecule has 2 amide bonds. The molecule has 7 heteroatoms. The second-order valence-electron chi connectivity index (χ2n) is 2.97. The van der Waals surface area contributed by atoms with Crippen LogP contribution in [0.1, 0.15) is 5.56 Å². The number of aliphatic imine (C=N–C) groups is 1. The third-order valence-electron chi connectivity index (χ3n) is 1.60. The molecule has 0 unspecified atom stereocenters. The molecule has 0 atom stereocenters. The molecule has 0 bridgehead atoms. The summed E-state index contributed by atoms with van der Waals surface area (Å²) in [6.45, 7) is 0.145. The van der Waals surface area contributed by atoms with Crippen LogP contribution in [0.25, 0.3) is 0 Å². The van der Waals surface area contributed by atoms with Crippen molar-refractivity contribution in [2.45, 2.75) is 6.54 Å². The largest absolute Gasteiger partial charge is 0.370 e. The van der Waals surface area contributed by atoms with Crippen molar-refractivity contribution in [2.75, 3.05) is 0 Å². The Balaban J connectivity index is 2.61. The van der Waals surface area contributed by atoms with Crippen molar-refractivity contribution in [3.8, 4) is 0 Å². The number of guanidine groups is 1. The van der Waals surface area contributed by atoms with E-state index < -0.39 is 6.03 Å². The van der Waals surface area contributed by atoms with Crippen LogP contribution in [-0.4, -0.2) is 12.0 Å². The van der Waals surface area contributed by atoms with E-state index in [-0.39, 0.29) is 18.3 Å². The van der Waals surface area contributed by atoms with Crippen LogP contribution in [0.5, 0.6) is 0 Å². The fourth-order valence-corrected chi connectivity index (χ4v) is 1.56. The number of hydrogen-bond donors (Lipinski definition) is 3. The van der Waals surface area contributed by atoms with Crippen molar-refractivity contribution < 1.29 is 9.18 Å². The van der Waals surface area contributed by atoms with Gasteiger partial charge in [0.15, 0.2) is 5.96 Å². The molecule has 0 aliphatic rings. The summed E-state index contributed by atoms with van der Waals surface area (Å²) in [6.07, 6.45) is 0. The minimum atomic E-state index is -0.666. The summed E-state index contributed by atoms with van der Waals surface area (Å²) < 4.78 is 13.5. The predicted molar refractivity (Wildman–Crippen MR) is 62.1 cm³/mol. The normalized spacial score (nSPS) is 9.62. The van der Waals surface area contributed by atoms with Gasteiger partial charge in [-0.3, -0.25) is 0 Å². The van der Waals surface area contributed by atoms with Crippen LogP contribution in [0.3, 0.4) is 0 Å². The molecule has 1 aromatic rings. The lowest BCUT2D eigenvalue weighted by Crippen LogP contribution is -2.28. The number of carbonyl (C=O) groups excluding carboxylic acids is 1. The maximum absolute atomic E-state index is 13.0. The van der Waals surface area contributed by atoms with Gasteiger partial charge in [-0.25, -0.2) is 9.18 Å². The number of urea groups is 1. The van der Waals surface area contributed by atoms with E-state index in [0.717, 1.165) is 0 Å². The summed E-state index contributed by atoms with van der Waals surface area (Å²) in [7, 11) is 0. The van der Waals surface area contributed by atoms with Gasteiger partial charge in [0.05, 0.1) is 0 Å². The molecule has 0 saturated carbocycles. The third-order valence-corrected chi connectivity index (χ3v) is 2.05. The number of carbonyl (C=O) groups is 1. The zero-order valence-corrected chi connectivity index (χ0v) is 9.79. The van der Waals surface area contributed by atoms with Gasteiger partial charge in [-0.2, -0.15) is 4.99 Å². The van der Waals surface area contributed by atoms with E-state index in [1.54, 1.807) is 6.07 Å². The highest BCUT2D eigenvalue weighted by molar-refractivity contribution is 9.10. The standard InChI is InChI=1S/C9H10BrFN4O/c10-6-1-5(2-7(11)3-6)4-14-9(16)15-8(12)13/h1-3H,4H2,(H5,12,13,14,15,16). The van der Waals surface area contributed by atoms with Crippen molar-refractivity contribution in [2.24, 2.45) is 16.5 Å². The summed E-state index contributed by atoms with van der Waals surface area (Å²) in [5.74, 6) is -0.710. The van der Waals surface area contributed by atoms with Gasteiger partial charge < -0.3 is 16.8 Å². The van der Waals surface area contributed by atoms with Gasteiger partial charge in [0.1, 0.15) is 5.82 Å². The lowest BCUT2D eigenvalue weighted by atomic mass is 10.2. The summed E-state index contributed by atoms with van der Waals surface area (Å²) >= 11 is 3.14. The predicted octanol–water partition coefficient (Wildman–Crippen LogP) is 1.07. The Hall–Kier alpha value is -1.63. The van der Waals surface area contributed by atoms with E-state index in [4.69, 9.17) is 11.5 Å². The maximum atomic E-state index is 13.0. The lowest BCUT2D eigenvalue weighted by molar-refractivity contribution is 0.249. The van der Waals surface area contributed by atoms with Crippen LogP contribution in [-0.2, 0) is 6.54 Å². The molecule has 0 saturated heterocycles. The molecular formula is C9H10BrFN4O. The molecule has 0 fully saturated rings. The maximum Gasteiger partial charge on any atom is 0.344 e. The van der Waals surface area contributed by atoms with Crippen LogP contribution in [0.15, 0.2) is 27.7 Å². The molecule has 0 radical (unpaired) electrons. The molecule has 1 aromatic carbocycles. The number of rotatable bonds is 2. The number of nitrogens with zero attached hydrogens (tertiary/aromatic N) is 1. The first-order valence-electron chi connectivity index (χ1n) is 4.30. The number of nitrogens with two attached hydrogens (primary N) is 2. The van der Waals surface area contributed by atoms with E-state index in [0.29, 0.717) is 10.0 Å². The quantitative estimate of drug-likeness (QED) is 0.561. The molecule has 0 aliphatic heterocycles. The summed E-state index contributed by atoms with van der Waals surface area (Å²) in [4.78, 5) is 14.3. The highest BCUT2D eigenvalue weighted by Gasteiger charge is 2.02. The number of amides is 2. The van der Waals surface area contributed by atoms with Crippen LogP contribution >= 0.6 is 15.9 Å². The molecule has 5 N–H and O–H groups in total. The number of halogens is 2. The SMILES string of the molecule is NC(N)=NC(=O)NCc1cc(F)cc(Br)c1. The van der Waals surface area contributed by atoms with E-state index in [1.165, 1.54) is 12.1 Å². The first-order valence-corrected chi connectivity index (χ1v) is 5.09. The van der Waals surface area contributed by atoms with E-state index >= 15 is 0 Å². The average Bonchev–Trinajstić information content (AvgIpc) is 2.12. The molecular weight excluding hydrogens is 279 g/mol. The first kappa shape index (κ1) is 12.4. The highest BCUT2D eigenvalue weighted by Crippen LogP contribution is 2.14. The number of benzene rings is 1. The zero-order chi connectivity index (χ0) is 12.1. The lowest BCUT2D eigenvalue weighted by Gasteiger charge is -2.03. The number of hydrogen-bond acceptors (Lipinski definition) is 1. The van der Waals surface area contributed by atoms with Crippen LogP contribution in [0, 0.1) is 5.82 Å².